The van der Waals surface area contributed by atoms with E-state index in [2.05, 4.69) is 37.5 Å². The summed E-state index contributed by atoms with van der Waals surface area (Å²) in [5, 5.41) is 13.4. The zero-order chi connectivity index (χ0) is 28.3. The molecule has 3 aromatic rings. The van der Waals surface area contributed by atoms with Gasteiger partial charge in [-0.2, -0.15) is 5.10 Å². The third-order valence-corrected chi connectivity index (χ3v) is 7.16. The first kappa shape index (κ1) is 27.3. The highest BCUT2D eigenvalue weighted by atomic mass is 19.3. The number of alkyl halides is 2. The van der Waals surface area contributed by atoms with E-state index in [-0.39, 0.29) is 30.4 Å². The fourth-order valence-corrected chi connectivity index (χ4v) is 4.70. The number of carbonyl (C=O) groups excluding carboxylic acids is 2. The first-order valence-corrected chi connectivity index (χ1v) is 13.2. The van der Waals surface area contributed by atoms with Gasteiger partial charge >= 0.3 is 0 Å². The molecule has 1 aliphatic carbocycles. The van der Waals surface area contributed by atoms with E-state index in [1.165, 1.54) is 6.20 Å². The number of carbonyl (C=O) groups is 2. The number of halogens is 2. The number of aliphatic imine (C=N–C) groups is 1. The molecule has 2 aromatic heterocycles. The minimum atomic E-state index is -2.60. The summed E-state index contributed by atoms with van der Waals surface area (Å²) in [7, 11) is 0. The Kier molecular flexibility index (Phi) is 7.83. The summed E-state index contributed by atoms with van der Waals surface area (Å²) in [6.07, 6.45) is 8.05. The second-order valence-corrected chi connectivity index (χ2v) is 10.3. The fraction of sp³-hybridized carbons (Fsp3) is 0.345. The van der Waals surface area contributed by atoms with Gasteiger partial charge in [-0.3, -0.25) is 29.6 Å². The number of anilines is 2. The standard InChI is InChI=1S/C29H31F2N7O2/c1-18(13-19(15-32-2)17-38-11-8-29(30,31)9-12-38)21-5-6-23-22(14-21)26(37-36-23)28(40)35-25-16-33-10-7-24(25)34-27(39)20-3-4-20/h5-7,10,13-16,20H,2-4,8-9,11-12,17H2,1H3,(H,35,40)(H,36,37)(H,33,34,39)/b18-13+,19-15+. The predicted octanol–water partition coefficient (Wildman–Crippen LogP) is 5.28. The molecule has 0 unspecified atom stereocenters. The molecular weight excluding hydrogens is 516 g/mol. The number of aromatic amines is 1. The molecule has 0 radical (unpaired) electrons. The lowest BCUT2D eigenvalue weighted by Crippen LogP contribution is -2.40. The lowest BCUT2D eigenvalue weighted by Gasteiger charge is -2.31. The zero-order valence-corrected chi connectivity index (χ0v) is 22.2. The van der Waals surface area contributed by atoms with E-state index in [1.807, 2.05) is 36.1 Å². The van der Waals surface area contributed by atoms with Crippen molar-refractivity contribution in [3.63, 3.8) is 0 Å². The van der Waals surface area contributed by atoms with Crippen LogP contribution in [0.2, 0.25) is 0 Å². The Labute approximate surface area is 230 Å². The topological polar surface area (TPSA) is 115 Å². The molecule has 11 heteroatoms. The van der Waals surface area contributed by atoms with Gasteiger partial charge in [0.1, 0.15) is 0 Å². The number of hydrogen-bond acceptors (Lipinski definition) is 6. The Morgan fingerprint density at radius 2 is 1.98 bits per heavy atom. The predicted molar refractivity (Wildman–Crippen MR) is 152 cm³/mol. The van der Waals surface area contributed by atoms with Gasteiger partial charge in [0.2, 0.25) is 5.91 Å². The highest BCUT2D eigenvalue weighted by Gasteiger charge is 2.34. The van der Waals surface area contributed by atoms with Crippen LogP contribution in [0.5, 0.6) is 0 Å². The van der Waals surface area contributed by atoms with E-state index in [4.69, 9.17) is 0 Å². The van der Waals surface area contributed by atoms with E-state index in [0.29, 0.717) is 41.9 Å². The molecule has 40 heavy (non-hydrogen) atoms. The van der Waals surface area contributed by atoms with Gasteiger partial charge < -0.3 is 10.6 Å². The largest absolute Gasteiger partial charge is 0.324 e. The molecule has 1 aromatic carbocycles. The second-order valence-electron chi connectivity index (χ2n) is 10.3. The first-order valence-electron chi connectivity index (χ1n) is 13.2. The van der Waals surface area contributed by atoms with Crippen molar-refractivity contribution >= 4 is 46.4 Å². The number of hydrogen-bond donors (Lipinski definition) is 3. The molecule has 1 saturated heterocycles. The van der Waals surface area contributed by atoms with E-state index >= 15 is 0 Å². The summed E-state index contributed by atoms with van der Waals surface area (Å²) in [4.78, 5) is 35.5. The third kappa shape index (κ3) is 6.48. The highest BCUT2D eigenvalue weighted by Crippen LogP contribution is 2.32. The van der Waals surface area contributed by atoms with Gasteiger partial charge in [0.15, 0.2) is 5.69 Å². The number of nitrogens with one attached hydrogen (secondary N) is 3. The number of aromatic nitrogens is 3. The number of allylic oxidation sites excluding steroid dienone is 1. The molecule has 1 saturated carbocycles. The van der Waals surface area contributed by atoms with Crippen molar-refractivity contribution in [2.24, 2.45) is 10.9 Å². The lowest BCUT2D eigenvalue weighted by atomic mass is 10.0. The van der Waals surface area contributed by atoms with Crippen LogP contribution in [-0.2, 0) is 4.79 Å². The van der Waals surface area contributed by atoms with E-state index in [0.717, 1.165) is 29.6 Å². The Balaban J connectivity index is 1.34. The summed E-state index contributed by atoms with van der Waals surface area (Å²) < 4.78 is 27.1. The molecule has 2 amide bonds. The van der Waals surface area contributed by atoms with Crippen molar-refractivity contribution in [2.45, 2.75) is 38.5 Å². The van der Waals surface area contributed by atoms with Crippen LogP contribution in [0.4, 0.5) is 20.2 Å². The first-order chi connectivity index (χ1) is 19.2. The molecule has 9 nitrogen and oxygen atoms in total. The van der Waals surface area contributed by atoms with Crippen molar-refractivity contribution in [1.29, 1.82) is 0 Å². The zero-order valence-electron chi connectivity index (χ0n) is 22.2. The molecule has 0 bridgehead atoms. The second kappa shape index (κ2) is 11.5. The van der Waals surface area contributed by atoms with Gasteiger partial charge in [-0.15, -0.1) is 0 Å². The molecule has 2 fully saturated rings. The number of H-pyrrole nitrogens is 1. The monoisotopic (exact) mass is 547 g/mol. The van der Waals surface area contributed by atoms with Crippen molar-refractivity contribution in [3.05, 3.63) is 65.8 Å². The summed E-state index contributed by atoms with van der Waals surface area (Å²) >= 11 is 0. The minimum Gasteiger partial charge on any atom is -0.324 e. The number of fused-ring (bicyclic) bond motifs is 1. The normalized spacial score (nSPS) is 18.0. The highest BCUT2D eigenvalue weighted by molar-refractivity contribution is 6.13. The number of nitrogens with zero attached hydrogens (tertiary/aromatic N) is 4. The number of likely N-dealkylation sites (tertiary alicyclic amines) is 1. The summed E-state index contributed by atoms with van der Waals surface area (Å²) in [5.74, 6) is -3.10. The van der Waals surface area contributed by atoms with Crippen LogP contribution in [0.15, 0.2) is 59.5 Å². The molecule has 1 aliphatic heterocycles. The van der Waals surface area contributed by atoms with E-state index in [9.17, 15) is 18.4 Å². The SMILES string of the molecule is C=N/C=C(\C=C(/C)c1ccc2[nH]nc(C(=O)Nc3cnccc3NC(=O)C3CC3)c2c1)CN1CCC(F)(F)CC1. The third-order valence-electron chi connectivity index (χ3n) is 7.16. The number of amides is 2. The number of rotatable bonds is 9. The van der Waals surface area contributed by atoms with Crippen LogP contribution < -0.4 is 10.6 Å². The minimum absolute atomic E-state index is 0.0175. The molecule has 3 N–H and O–H groups in total. The quantitative estimate of drug-likeness (QED) is 0.249. The maximum Gasteiger partial charge on any atom is 0.276 e. The molecular formula is C29H31F2N7O2. The van der Waals surface area contributed by atoms with Gasteiger partial charge in [-0.25, -0.2) is 8.78 Å². The van der Waals surface area contributed by atoms with Crippen molar-refractivity contribution in [1.82, 2.24) is 20.1 Å². The van der Waals surface area contributed by atoms with Gasteiger partial charge in [0, 0.05) is 56.2 Å². The summed E-state index contributed by atoms with van der Waals surface area (Å²) in [5.41, 5.74) is 4.36. The molecule has 0 atom stereocenters. The van der Waals surface area contributed by atoms with Gasteiger partial charge in [0.25, 0.3) is 11.8 Å². The summed E-state index contributed by atoms with van der Waals surface area (Å²) in [6, 6.07) is 7.28. The maximum absolute atomic E-state index is 13.6. The number of benzene rings is 1. The van der Waals surface area contributed by atoms with Crippen LogP contribution in [0.1, 0.15) is 48.7 Å². The van der Waals surface area contributed by atoms with E-state index in [1.54, 1.807) is 18.5 Å². The number of piperidine rings is 1. The Morgan fingerprint density at radius 1 is 1.20 bits per heavy atom. The van der Waals surface area contributed by atoms with Gasteiger partial charge in [-0.1, -0.05) is 12.1 Å². The van der Waals surface area contributed by atoms with Crippen LogP contribution in [0.3, 0.4) is 0 Å². The Hall–Kier alpha value is -4.25. The maximum atomic E-state index is 13.6. The number of pyridine rings is 1. The lowest BCUT2D eigenvalue weighted by molar-refractivity contribution is -0.117. The van der Waals surface area contributed by atoms with Crippen LogP contribution in [0, 0.1) is 5.92 Å². The smallest absolute Gasteiger partial charge is 0.276 e. The molecule has 0 spiro atoms. The van der Waals surface area contributed by atoms with Gasteiger partial charge in [-0.05, 0) is 61.4 Å². The Morgan fingerprint density at radius 3 is 2.70 bits per heavy atom. The molecule has 2 aliphatic rings. The van der Waals surface area contributed by atoms with Crippen LogP contribution in [-0.4, -0.2) is 64.2 Å². The van der Waals surface area contributed by atoms with Crippen molar-refractivity contribution < 1.29 is 18.4 Å². The fourth-order valence-electron chi connectivity index (χ4n) is 4.70. The van der Waals surface area contributed by atoms with Crippen LogP contribution in [0.25, 0.3) is 16.5 Å². The van der Waals surface area contributed by atoms with Crippen molar-refractivity contribution in [3.8, 4) is 0 Å². The van der Waals surface area contributed by atoms with Crippen LogP contribution >= 0.6 is 0 Å². The van der Waals surface area contributed by atoms with Crippen molar-refractivity contribution in [2.75, 3.05) is 30.3 Å². The Bertz CT molecular complexity index is 1500. The molecule has 3 heterocycles. The van der Waals surface area contributed by atoms with Gasteiger partial charge in [0.05, 0.1) is 23.1 Å². The van der Waals surface area contributed by atoms with E-state index < -0.39 is 11.8 Å². The average Bonchev–Trinajstić information content (AvgIpc) is 3.70. The molecule has 5 rings (SSSR count). The average molecular weight is 548 g/mol. The molecule has 208 valence electrons. The summed E-state index contributed by atoms with van der Waals surface area (Å²) in [6.45, 7) is 6.61.